The Labute approximate surface area is 114 Å². The van der Waals surface area contributed by atoms with Crippen molar-refractivity contribution < 1.29 is 4.74 Å². The molecule has 1 saturated carbocycles. The number of hydrogen-bond donors (Lipinski definition) is 1. The van der Waals surface area contributed by atoms with Gasteiger partial charge >= 0.3 is 0 Å². The van der Waals surface area contributed by atoms with Crippen LogP contribution < -0.4 is 5.32 Å². The molecule has 1 fully saturated rings. The summed E-state index contributed by atoms with van der Waals surface area (Å²) in [4.78, 5) is 0. The molecule has 1 rings (SSSR count). The van der Waals surface area contributed by atoms with Gasteiger partial charge in [0, 0.05) is 13.2 Å². The third-order valence-corrected chi connectivity index (χ3v) is 4.74. The largest absolute Gasteiger partial charge is 0.379 e. The first-order valence-electron chi connectivity index (χ1n) is 7.64. The van der Waals surface area contributed by atoms with E-state index in [1.807, 2.05) is 7.11 Å². The molecule has 2 heteroatoms. The maximum Gasteiger partial charge on any atom is 0.0774 e. The van der Waals surface area contributed by atoms with Crippen molar-refractivity contribution in [3.05, 3.63) is 0 Å². The lowest BCUT2D eigenvalue weighted by Crippen LogP contribution is -2.51. The lowest BCUT2D eigenvalue weighted by Gasteiger charge is -2.42. The maximum atomic E-state index is 5.81. The summed E-state index contributed by atoms with van der Waals surface area (Å²) in [5.74, 6) is 1.75. The number of hydrogen-bond acceptors (Lipinski definition) is 2. The van der Waals surface area contributed by atoms with E-state index in [4.69, 9.17) is 4.74 Å². The summed E-state index contributed by atoms with van der Waals surface area (Å²) in [5, 5.41) is 3.54. The molecule has 0 heterocycles. The van der Waals surface area contributed by atoms with Gasteiger partial charge in [-0.2, -0.15) is 0 Å². The van der Waals surface area contributed by atoms with E-state index in [2.05, 4.69) is 40.1 Å². The van der Waals surface area contributed by atoms with E-state index in [-0.39, 0.29) is 5.41 Å². The van der Waals surface area contributed by atoms with Gasteiger partial charge in [0.05, 0.1) is 6.10 Å². The van der Waals surface area contributed by atoms with Gasteiger partial charge in [0.15, 0.2) is 0 Å². The molecular weight excluding hydrogens is 222 g/mol. The van der Waals surface area contributed by atoms with Gasteiger partial charge in [-0.3, -0.25) is 0 Å². The molecule has 2 atom stereocenters. The van der Waals surface area contributed by atoms with Crippen LogP contribution >= 0.6 is 0 Å². The van der Waals surface area contributed by atoms with Gasteiger partial charge in [-0.05, 0) is 37.1 Å². The van der Waals surface area contributed by atoms with E-state index < -0.39 is 0 Å². The molecule has 0 spiro atoms. The molecule has 18 heavy (non-hydrogen) atoms. The van der Waals surface area contributed by atoms with Crippen LogP contribution in [0, 0.1) is 17.3 Å². The van der Waals surface area contributed by atoms with Crippen molar-refractivity contribution >= 4 is 0 Å². The highest BCUT2D eigenvalue weighted by Gasteiger charge is 2.37. The Balaban J connectivity index is 2.66. The number of methoxy groups -OCH3 is 1. The molecular formula is C16H33NO. The summed E-state index contributed by atoms with van der Waals surface area (Å²) in [5.41, 5.74) is 0.198. The van der Waals surface area contributed by atoms with Crippen LogP contribution in [0.15, 0.2) is 0 Å². The Bertz CT molecular complexity index is 226. The number of likely N-dealkylation sites (N-methyl/N-ethyl adjacent to an activating group) is 1. The Morgan fingerprint density at radius 3 is 2.06 bits per heavy atom. The third-order valence-electron chi connectivity index (χ3n) is 4.74. The van der Waals surface area contributed by atoms with Crippen LogP contribution in [0.4, 0.5) is 0 Å². The fourth-order valence-electron chi connectivity index (χ4n) is 3.63. The fraction of sp³-hybridized carbons (Fsp3) is 1.00. The molecule has 0 aliphatic heterocycles. The first-order chi connectivity index (χ1) is 8.43. The smallest absolute Gasteiger partial charge is 0.0774 e. The van der Waals surface area contributed by atoms with Crippen molar-refractivity contribution in [2.24, 2.45) is 17.3 Å². The average molecular weight is 255 g/mol. The minimum Gasteiger partial charge on any atom is -0.379 e. The first-order valence-corrected chi connectivity index (χ1v) is 7.64. The highest BCUT2D eigenvalue weighted by molar-refractivity contribution is 4.91. The summed E-state index contributed by atoms with van der Waals surface area (Å²) in [6, 6.07) is 0.493. The second kappa shape index (κ2) is 6.91. The first kappa shape index (κ1) is 16.0. The van der Waals surface area contributed by atoms with Crippen molar-refractivity contribution in [3.8, 4) is 0 Å². The van der Waals surface area contributed by atoms with Crippen LogP contribution in [0.2, 0.25) is 0 Å². The van der Waals surface area contributed by atoms with Gasteiger partial charge < -0.3 is 10.1 Å². The van der Waals surface area contributed by atoms with Crippen LogP contribution in [0.5, 0.6) is 0 Å². The summed E-state index contributed by atoms with van der Waals surface area (Å²) >= 11 is 0. The van der Waals surface area contributed by atoms with E-state index in [9.17, 15) is 0 Å². The van der Waals surface area contributed by atoms with E-state index in [0.717, 1.165) is 11.8 Å². The molecule has 0 aromatic heterocycles. The lowest BCUT2D eigenvalue weighted by atomic mass is 9.72. The van der Waals surface area contributed by atoms with Gasteiger partial charge in [0.1, 0.15) is 0 Å². The minimum absolute atomic E-state index is 0.198. The quantitative estimate of drug-likeness (QED) is 0.805. The summed E-state index contributed by atoms with van der Waals surface area (Å²) < 4.78 is 5.81. The zero-order valence-electron chi connectivity index (χ0n) is 13.3. The molecule has 2 nitrogen and oxygen atoms in total. The van der Waals surface area contributed by atoms with Crippen molar-refractivity contribution in [3.63, 3.8) is 0 Å². The summed E-state index contributed by atoms with van der Waals surface area (Å²) in [6.07, 6.45) is 7.18. The molecule has 0 radical (unpaired) electrons. The van der Waals surface area contributed by atoms with E-state index in [1.165, 1.54) is 32.1 Å². The van der Waals surface area contributed by atoms with Crippen LogP contribution in [0.25, 0.3) is 0 Å². The molecule has 2 unspecified atom stereocenters. The van der Waals surface area contributed by atoms with Crippen LogP contribution in [0.3, 0.4) is 0 Å². The molecule has 108 valence electrons. The van der Waals surface area contributed by atoms with Gasteiger partial charge in [0.25, 0.3) is 0 Å². The number of ether oxygens (including phenoxy) is 1. The topological polar surface area (TPSA) is 21.3 Å². The molecule has 1 aliphatic rings. The van der Waals surface area contributed by atoms with Gasteiger partial charge in [-0.25, -0.2) is 0 Å². The predicted molar refractivity (Wildman–Crippen MR) is 78.8 cm³/mol. The molecule has 0 amide bonds. The monoisotopic (exact) mass is 255 g/mol. The van der Waals surface area contributed by atoms with E-state index in [0.29, 0.717) is 12.1 Å². The fourth-order valence-corrected chi connectivity index (χ4v) is 3.63. The molecule has 0 aromatic rings. The van der Waals surface area contributed by atoms with Gasteiger partial charge in [0.2, 0.25) is 0 Å². The van der Waals surface area contributed by atoms with Crippen LogP contribution in [0.1, 0.15) is 59.8 Å². The Morgan fingerprint density at radius 1 is 1.17 bits per heavy atom. The Kier molecular flexibility index (Phi) is 6.13. The lowest BCUT2D eigenvalue weighted by molar-refractivity contribution is -0.0308. The van der Waals surface area contributed by atoms with Crippen molar-refractivity contribution in [2.45, 2.75) is 71.9 Å². The number of nitrogens with one attached hydrogen (secondary N) is 1. The summed E-state index contributed by atoms with van der Waals surface area (Å²) in [7, 11) is 3.95. The Hall–Kier alpha value is -0.0800. The van der Waals surface area contributed by atoms with Crippen molar-refractivity contribution in [1.82, 2.24) is 5.32 Å². The van der Waals surface area contributed by atoms with Crippen molar-refractivity contribution in [2.75, 3.05) is 14.2 Å². The highest BCUT2D eigenvalue weighted by atomic mass is 16.5. The normalized spacial score (nSPS) is 29.0. The average Bonchev–Trinajstić information content (AvgIpc) is 2.34. The SMILES string of the molecule is CCC1CCC(C(NC)C(OC)C(C)(C)C)CC1. The molecule has 1 aliphatic carbocycles. The minimum atomic E-state index is 0.198. The third kappa shape index (κ3) is 3.96. The molecule has 1 N–H and O–H groups in total. The van der Waals surface area contributed by atoms with Crippen molar-refractivity contribution in [1.29, 1.82) is 0 Å². The highest BCUT2D eigenvalue weighted by Crippen LogP contribution is 2.36. The van der Waals surface area contributed by atoms with Crippen LogP contribution in [-0.2, 0) is 4.74 Å². The zero-order chi connectivity index (χ0) is 13.8. The van der Waals surface area contributed by atoms with E-state index >= 15 is 0 Å². The van der Waals surface area contributed by atoms with Gasteiger partial charge in [-0.1, -0.05) is 47.0 Å². The van der Waals surface area contributed by atoms with E-state index in [1.54, 1.807) is 0 Å². The number of rotatable bonds is 5. The molecule has 0 saturated heterocycles. The second-order valence-corrected chi connectivity index (χ2v) is 7.03. The second-order valence-electron chi connectivity index (χ2n) is 7.03. The standard InChI is InChI=1S/C16H33NO/c1-7-12-8-10-13(11-9-12)14(17-5)15(18-6)16(2,3)4/h12-15,17H,7-11H2,1-6H3. The Morgan fingerprint density at radius 2 is 1.72 bits per heavy atom. The molecule has 0 bridgehead atoms. The molecule has 0 aromatic carbocycles. The predicted octanol–water partition coefficient (Wildman–Crippen LogP) is 3.85. The van der Waals surface area contributed by atoms with Gasteiger partial charge in [-0.15, -0.1) is 0 Å². The zero-order valence-corrected chi connectivity index (χ0v) is 13.3. The summed E-state index contributed by atoms with van der Waals surface area (Å²) in [6.45, 7) is 9.17. The van der Waals surface area contributed by atoms with Crippen LogP contribution in [-0.4, -0.2) is 26.3 Å². The maximum absolute atomic E-state index is 5.81.